The molecule has 0 amide bonds. The molecule has 102 valence electrons. The maximum absolute atomic E-state index is 11.0. The molecule has 0 fully saturated rings. The first-order valence-electron chi connectivity index (χ1n) is 5.59. The Kier molecular flexibility index (Phi) is 4.17. The zero-order valence-corrected chi connectivity index (χ0v) is 10.9. The molecule has 0 bridgehead atoms. The number of phenolic OH excluding ortho intramolecular Hbond substituents is 1. The molecule has 20 heavy (non-hydrogen) atoms. The van der Waals surface area contributed by atoms with E-state index in [0.717, 1.165) is 6.21 Å². The first-order valence-corrected chi connectivity index (χ1v) is 5.97. The molecule has 0 saturated heterocycles. The van der Waals surface area contributed by atoms with Crippen molar-refractivity contribution >= 4 is 29.2 Å². The molecule has 2 rings (SSSR count). The maximum Gasteiger partial charge on any atom is 0.300 e. The number of halogens is 1. The number of aromatic hydroxyl groups is 1. The number of hydrogen-bond acceptors (Lipinski definition) is 5. The third-order valence-electron chi connectivity index (χ3n) is 2.49. The first kappa shape index (κ1) is 13.8. The van der Waals surface area contributed by atoms with Gasteiger partial charge in [0.2, 0.25) is 0 Å². The molecule has 0 atom stereocenters. The number of benzene rings is 2. The molecular weight excluding hydrogens is 282 g/mol. The highest BCUT2D eigenvalue weighted by molar-refractivity contribution is 6.33. The monoisotopic (exact) mass is 291 g/mol. The van der Waals surface area contributed by atoms with Gasteiger partial charge < -0.3 is 5.11 Å². The number of nitro groups is 1. The molecule has 0 unspecified atom stereocenters. The summed E-state index contributed by atoms with van der Waals surface area (Å²) in [6.07, 6.45) is 1.16. The SMILES string of the molecule is O=[N+]([O-])c1c(Cl)ccc(O)c1C=NNc1ccccc1. The van der Waals surface area contributed by atoms with Gasteiger partial charge in [0.25, 0.3) is 5.69 Å². The minimum atomic E-state index is -0.661. The lowest BCUT2D eigenvalue weighted by atomic mass is 10.2. The molecule has 0 aliphatic heterocycles. The average molecular weight is 292 g/mol. The largest absolute Gasteiger partial charge is 0.507 e. The van der Waals surface area contributed by atoms with Crippen LogP contribution in [0.3, 0.4) is 0 Å². The first-order chi connectivity index (χ1) is 9.59. The summed E-state index contributed by atoms with van der Waals surface area (Å²) in [6, 6.07) is 11.6. The summed E-state index contributed by atoms with van der Waals surface area (Å²) in [4.78, 5) is 10.3. The minimum Gasteiger partial charge on any atom is -0.507 e. The molecule has 2 aromatic carbocycles. The van der Waals surface area contributed by atoms with E-state index in [0.29, 0.717) is 5.69 Å². The Hall–Kier alpha value is -2.60. The van der Waals surface area contributed by atoms with Crippen molar-refractivity contribution in [3.63, 3.8) is 0 Å². The second kappa shape index (κ2) is 6.03. The van der Waals surface area contributed by atoms with Crippen molar-refractivity contribution in [1.29, 1.82) is 0 Å². The van der Waals surface area contributed by atoms with E-state index in [9.17, 15) is 15.2 Å². The second-order valence-corrected chi connectivity index (χ2v) is 4.23. The number of phenols is 1. The Labute approximate surface area is 119 Å². The summed E-state index contributed by atoms with van der Waals surface area (Å²) >= 11 is 5.76. The lowest BCUT2D eigenvalue weighted by molar-refractivity contribution is -0.384. The van der Waals surface area contributed by atoms with E-state index in [1.807, 2.05) is 18.2 Å². The molecule has 7 heteroatoms. The van der Waals surface area contributed by atoms with E-state index in [1.165, 1.54) is 12.1 Å². The van der Waals surface area contributed by atoms with Gasteiger partial charge in [-0.25, -0.2) is 0 Å². The highest BCUT2D eigenvalue weighted by Gasteiger charge is 2.20. The molecule has 0 radical (unpaired) electrons. The van der Waals surface area contributed by atoms with Crippen LogP contribution in [0.15, 0.2) is 47.6 Å². The zero-order chi connectivity index (χ0) is 14.5. The van der Waals surface area contributed by atoms with Crippen LogP contribution in [0.1, 0.15) is 5.56 Å². The fraction of sp³-hybridized carbons (Fsp3) is 0. The normalized spacial score (nSPS) is 10.7. The van der Waals surface area contributed by atoms with Gasteiger partial charge >= 0.3 is 0 Å². The van der Waals surface area contributed by atoms with Crippen LogP contribution in [0.5, 0.6) is 5.75 Å². The van der Waals surface area contributed by atoms with Crippen molar-refractivity contribution in [2.75, 3.05) is 5.43 Å². The van der Waals surface area contributed by atoms with Gasteiger partial charge in [-0.3, -0.25) is 15.5 Å². The zero-order valence-electron chi connectivity index (χ0n) is 10.2. The number of hydrogen-bond donors (Lipinski definition) is 2. The van der Waals surface area contributed by atoms with E-state index in [2.05, 4.69) is 10.5 Å². The predicted octanol–water partition coefficient (Wildman–Crippen LogP) is 3.40. The van der Waals surface area contributed by atoms with Crippen molar-refractivity contribution in [3.05, 3.63) is 63.2 Å². The van der Waals surface area contributed by atoms with Gasteiger partial charge in [-0.2, -0.15) is 5.10 Å². The van der Waals surface area contributed by atoms with Gasteiger partial charge in [-0.05, 0) is 24.3 Å². The van der Waals surface area contributed by atoms with Gasteiger partial charge in [0.05, 0.1) is 16.8 Å². The highest BCUT2D eigenvalue weighted by Crippen LogP contribution is 2.33. The summed E-state index contributed by atoms with van der Waals surface area (Å²) in [5.41, 5.74) is 2.98. The van der Waals surface area contributed by atoms with Crippen LogP contribution in [0, 0.1) is 10.1 Å². The number of para-hydroxylation sites is 1. The molecule has 2 N–H and O–H groups in total. The number of nitrogens with zero attached hydrogens (tertiary/aromatic N) is 2. The van der Waals surface area contributed by atoms with Crippen molar-refractivity contribution in [3.8, 4) is 5.75 Å². The van der Waals surface area contributed by atoms with Gasteiger partial charge in [-0.1, -0.05) is 29.8 Å². The van der Waals surface area contributed by atoms with E-state index in [-0.39, 0.29) is 22.0 Å². The smallest absolute Gasteiger partial charge is 0.300 e. The third-order valence-corrected chi connectivity index (χ3v) is 2.79. The molecule has 0 aliphatic carbocycles. The molecule has 2 aromatic rings. The van der Waals surface area contributed by atoms with E-state index < -0.39 is 4.92 Å². The lowest BCUT2D eigenvalue weighted by Crippen LogP contribution is -1.98. The number of anilines is 1. The fourth-order valence-electron chi connectivity index (χ4n) is 1.57. The standard InChI is InChI=1S/C13H10ClN3O3/c14-11-6-7-12(18)10(13(11)17(19)20)8-15-16-9-4-2-1-3-5-9/h1-8,16,18H. The van der Waals surface area contributed by atoms with Crippen molar-refractivity contribution in [1.82, 2.24) is 0 Å². The predicted molar refractivity (Wildman–Crippen MR) is 77.4 cm³/mol. The Morgan fingerprint density at radius 1 is 1.25 bits per heavy atom. The maximum atomic E-state index is 11.0. The second-order valence-electron chi connectivity index (χ2n) is 3.82. The topological polar surface area (TPSA) is 87.8 Å². The van der Waals surface area contributed by atoms with Gasteiger partial charge in [0, 0.05) is 0 Å². The Morgan fingerprint density at radius 3 is 2.60 bits per heavy atom. The van der Waals surface area contributed by atoms with Crippen LogP contribution in [0.4, 0.5) is 11.4 Å². The van der Waals surface area contributed by atoms with Crippen molar-refractivity contribution < 1.29 is 10.0 Å². The molecule has 0 aromatic heterocycles. The van der Waals surface area contributed by atoms with Crippen LogP contribution in [-0.4, -0.2) is 16.2 Å². The van der Waals surface area contributed by atoms with Gasteiger partial charge in [0.15, 0.2) is 0 Å². The van der Waals surface area contributed by atoms with E-state index >= 15 is 0 Å². The van der Waals surface area contributed by atoms with E-state index in [1.54, 1.807) is 12.1 Å². The molecule has 6 nitrogen and oxygen atoms in total. The number of nitrogens with one attached hydrogen (secondary N) is 1. The van der Waals surface area contributed by atoms with Crippen LogP contribution in [-0.2, 0) is 0 Å². The lowest BCUT2D eigenvalue weighted by Gasteiger charge is -2.03. The Bertz CT molecular complexity index is 659. The molecule has 0 heterocycles. The Balaban J connectivity index is 2.29. The fourth-order valence-corrected chi connectivity index (χ4v) is 1.80. The summed E-state index contributed by atoms with van der Waals surface area (Å²) in [7, 11) is 0. The summed E-state index contributed by atoms with van der Waals surface area (Å²) in [5, 5.41) is 24.4. The molecule has 0 saturated carbocycles. The van der Waals surface area contributed by atoms with Gasteiger partial charge in [-0.15, -0.1) is 0 Å². The van der Waals surface area contributed by atoms with Crippen LogP contribution < -0.4 is 5.43 Å². The minimum absolute atomic E-state index is 0.0501. The van der Waals surface area contributed by atoms with Crippen LogP contribution in [0.2, 0.25) is 5.02 Å². The molecule has 0 aliphatic rings. The van der Waals surface area contributed by atoms with Crippen LogP contribution in [0.25, 0.3) is 0 Å². The molecule has 0 spiro atoms. The number of rotatable bonds is 4. The highest BCUT2D eigenvalue weighted by atomic mass is 35.5. The van der Waals surface area contributed by atoms with Crippen molar-refractivity contribution in [2.45, 2.75) is 0 Å². The summed E-state index contributed by atoms with van der Waals surface area (Å²) in [5.74, 6) is -0.264. The average Bonchev–Trinajstić information content (AvgIpc) is 2.43. The Morgan fingerprint density at radius 2 is 1.95 bits per heavy atom. The summed E-state index contributed by atoms with van der Waals surface area (Å²) in [6.45, 7) is 0. The van der Waals surface area contributed by atoms with E-state index in [4.69, 9.17) is 11.6 Å². The van der Waals surface area contributed by atoms with Gasteiger partial charge in [0.1, 0.15) is 16.3 Å². The summed E-state index contributed by atoms with van der Waals surface area (Å²) < 4.78 is 0. The van der Waals surface area contributed by atoms with Crippen LogP contribution >= 0.6 is 11.6 Å². The third kappa shape index (κ3) is 3.04. The number of hydrazone groups is 1. The van der Waals surface area contributed by atoms with Crippen molar-refractivity contribution in [2.24, 2.45) is 5.10 Å². The quantitative estimate of drug-likeness (QED) is 0.513. The number of nitro benzene ring substituents is 1. The molecular formula is C13H10ClN3O3.